The zero-order chi connectivity index (χ0) is 14.9. The van der Waals surface area contributed by atoms with Crippen LogP contribution in [-0.2, 0) is 5.54 Å². The van der Waals surface area contributed by atoms with E-state index in [1.807, 2.05) is 18.2 Å². The molecule has 0 radical (unpaired) electrons. The van der Waals surface area contributed by atoms with Gasteiger partial charge in [0, 0.05) is 11.2 Å². The average Bonchev–Trinajstić information content (AvgIpc) is 2.81. The summed E-state index contributed by atoms with van der Waals surface area (Å²) in [7, 11) is 0. The third-order valence-electron chi connectivity index (χ3n) is 4.53. The molecule has 0 saturated heterocycles. The predicted molar refractivity (Wildman–Crippen MR) is 83.6 cm³/mol. The molecule has 0 spiro atoms. The predicted octanol–water partition coefficient (Wildman–Crippen LogP) is 3.60. The molecule has 0 aliphatic heterocycles. The normalized spacial score (nSPS) is 13.8. The Morgan fingerprint density at radius 3 is 2.35 bits per heavy atom. The topological polar surface area (TPSA) is 64.1 Å². The second kappa shape index (κ2) is 5.44. The molecule has 2 rings (SSSR count). The van der Waals surface area contributed by atoms with Crippen molar-refractivity contribution in [2.75, 3.05) is 5.73 Å². The highest BCUT2D eigenvalue weighted by atomic mass is 16.3. The summed E-state index contributed by atoms with van der Waals surface area (Å²) >= 11 is 0. The lowest BCUT2D eigenvalue weighted by Gasteiger charge is -2.35. The smallest absolute Gasteiger partial charge is 0.139 e. The molecule has 1 heterocycles. The number of nitrogens with zero attached hydrogens (tertiary/aromatic N) is 2. The lowest BCUT2D eigenvalue weighted by Crippen LogP contribution is -2.33. The van der Waals surface area contributed by atoms with E-state index in [0.29, 0.717) is 5.69 Å². The van der Waals surface area contributed by atoms with E-state index in [1.165, 1.54) is 0 Å². The van der Waals surface area contributed by atoms with Crippen molar-refractivity contribution in [1.82, 2.24) is 9.55 Å². The molecule has 110 valence electrons. The van der Waals surface area contributed by atoms with Gasteiger partial charge in [-0.05, 0) is 44.4 Å². The molecule has 0 aliphatic rings. The Hall–Kier alpha value is -1.55. The molecule has 0 amide bonds. The first-order valence-corrected chi connectivity index (χ1v) is 7.45. The molecule has 0 saturated carbocycles. The molecule has 1 atom stereocenters. The van der Waals surface area contributed by atoms with Crippen LogP contribution in [0.2, 0.25) is 0 Å². The van der Waals surface area contributed by atoms with E-state index in [-0.39, 0.29) is 5.54 Å². The minimum absolute atomic E-state index is 0.00279. The van der Waals surface area contributed by atoms with Gasteiger partial charge in [0.05, 0.1) is 11.0 Å². The fourth-order valence-corrected chi connectivity index (χ4v) is 3.12. The van der Waals surface area contributed by atoms with Crippen molar-refractivity contribution in [2.45, 2.75) is 58.6 Å². The van der Waals surface area contributed by atoms with Gasteiger partial charge < -0.3 is 15.4 Å². The first-order chi connectivity index (χ1) is 9.49. The summed E-state index contributed by atoms with van der Waals surface area (Å²) < 4.78 is 2.23. The van der Waals surface area contributed by atoms with Gasteiger partial charge >= 0.3 is 0 Å². The number of aromatic nitrogens is 2. The van der Waals surface area contributed by atoms with E-state index in [0.717, 1.165) is 36.1 Å². The van der Waals surface area contributed by atoms with Crippen LogP contribution in [0.15, 0.2) is 18.2 Å². The number of hydrogen-bond acceptors (Lipinski definition) is 3. The zero-order valence-corrected chi connectivity index (χ0v) is 12.8. The number of rotatable bonds is 5. The summed E-state index contributed by atoms with van der Waals surface area (Å²) in [6, 6.07) is 5.79. The summed E-state index contributed by atoms with van der Waals surface area (Å²) in [5.74, 6) is 0.733. The Morgan fingerprint density at radius 2 is 1.85 bits per heavy atom. The number of aliphatic hydroxyl groups excluding tert-OH is 1. The minimum Gasteiger partial charge on any atom is -0.399 e. The van der Waals surface area contributed by atoms with E-state index < -0.39 is 6.10 Å². The third-order valence-corrected chi connectivity index (χ3v) is 4.53. The van der Waals surface area contributed by atoms with Crippen molar-refractivity contribution < 1.29 is 5.11 Å². The Balaban J connectivity index is 2.80. The molecule has 3 N–H and O–H groups in total. The minimum atomic E-state index is -0.590. The molecule has 1 aromatic carbocycles. The van der Waals surface area contributed by atoms with Crippen molar-refractivity contribution in [2.24, 2.45) is 0 Å². The van der Waals surface area contributed by atoms with Crippen molar-refractivity contribution in [3.8, 4) is 0 Å². The average molecular weight is 275 g/mol. The van der Waals surface area contributed by atoms with Crippen LogP contribution in [0.5, 0.6) is 0 Å². The van der Waals surface area contributed by atoms with E-state index in [1.54, 1.807) is 6.92 Å². The number of aliphatic hydroxyl groups is 1. The molecule has 0 fully saturated rings. The number of hydrogen-bond donors (Lipinski definition) is 2. The molecule has 0 aliphatic carbocycles. The molecule has 0 bridgehead atoms. The Morgan fingerprint density at radius 1 is 1.25 bits per heavy atom. The van der Waals surface area contributed by atoms with E-state index in [4.69, 9.17) is 5.73 Å². The summed E-state index contributed by atoms with van der Waals surface area (Å²) in [6.45, 7) is 8.36. The van der Waals surface area contributed by atoms with E-state index in [9.17, 15) is 5.11 Å². The van der Waals surface area contributed by atoms with Gasteiger partial charge in [0.25, 0.3) is 0 Å². The Bertz CT molecular complexity index is 589. The summed E-state index contributed by atoms with van der Waals surface area (Å²) in [5, 5.41) is 10.1. The van der Waals surface area contributed by atoms with E-state index >= 15 is 0 Å². The first-order valence-electron chi connectivity index (χ1n) is 7.45. The number of nitrogen functional groups attached to an aromatic ring is 1. The van der Waals surface area contributed by atoms with Crippen LogP contribution in [-0.4, -0.2) is 14.7 Å². The fourth-order valence-electron chi connectivity index (χ4n) is 3.12. The van der Waals surface area contributed by atoms with E-state index in [2.05, 4.69) is 30.3 Å². The summed E-state index contributed by atoms with van der Waals surface area (Å²) in [4.78, 5) is 4.62. The summed E-state index contributed by atoms with van der Waals surface area (Å²) in [5.41, 5.74) is 8.47. The molecule has 20 heavy (non-hydrogen) atoms. The molecule has 4 heteroatoms. The van der Waals surface area contributed by atoms with Crippen LogP contribution in [0.1, 0.15) is 58.9 Å². The second-order valence-corrected chi connectivity index (χ2v) is 5.51. The second-order valence-electron chi connectivity index (χ2n) is 5.51. The third kappa shape index (κ3) is 2.18. The number of anilines is 1. The molecule has 4 nitrogen and oxygen atoms in total. The number of benzene rings is 1. The maximum Gasteiger partial charge on any atom is 0.139 e. The van der Waals surface area contributed by atoms with Crippen molar-refractivity contribution in [3.63, 3.8) is 0 Å². The first kappa shape index (κ1) is 14.9. The largest absolute Gasteiger partial charge is 0.399 e. The van der Waals surface area contributed by atoms with Gasteiger partial charge in [-0.1, -0.05) is 20.8 Å². The van der Waals surface area contributed by atoms with Gasteiger partial charge in [0.15, 0.2) is 0 Å². The Kier molecular flexibility index (Phi) is 4.04. The lowest BCUT2D eigenvalue weighted by atomic mass is 9.88. The van der Waals surface area contributed by atoms with Crippen LogP contribution in [0, 0.1) is 0 Å². The van der Waals surface area contributed by atoms with Crippen LogP contribution in [0.3, 0.4) is 0 Å². The monoisotopic (exact) mass is 275 g/mol. The Labute approximate surface area is 120 Å². The highest BCUT2D eigenvalue weighted by Gasteiger charge is 2.31. The van der Waals surface area contributed by atoms with Crippen molar-refractivity contribution >= 4 is 16.7 Å². The van der Waals surface area contributed by atoms with Crippen LogP contribution < -0.4 is 5.73 Å². The van der Waals surface area contributed by atoms with Gasteiger partial charge in [-0.15, -0.1) is 0 Å². The standard InChI is InChI=1S/C16H25N3O/c1-5-16(6-2,7-3)19-14-9-8-12(17)10-13(14)18-15(19)11(4)20/h8-11,20H,5-7,17H2,1-4H3. The number of imidazole rings is 1. The van der Waals surface area contributed by atoms with Gasteiger partial charge in [-0.3, -0.25) is 0 Å². The lowest BCUT2D eigenvalue weighted by molar-refractivity contribution is 0.162. The van der Waals surface area contributed by atoms with Gasteiger partial charge in [0.1, 0.15) is 11.9 Å². The maximum absolute atomic E-state index is 10.1. The number of nitrogens with two attached hydrogens (primary N) is 1. The molecule has 1 unspecified atom stereocenters. The van der Waals surface area contributed by atoms with Gasteiger partial charge in [-0.25, -0.2) is 4.98 Å². The number of fused-ring (bicyclic) bond motifs is 1. The fraction of sp³-hybridized carbons (Fsp3) is 0.562. The van der Waals surface area contributed by atoms with Crippen molar-refractivity contribution in [3.05, 3.63) is 24.0 Å². The quantitative estimate of drug-likeness (QED) is 0.819. The molecule has 2 aromatic rings. The highest BCUT2D eigenvalue weighted by molar-refractivity contribution is 5.80. The summed E-state index contributed by atoms with van der Waals surface area (Å²) in [6.07, 6.45) is 2.44. The molecular formula is C16H25N3O. The zero-order valence-electron chi connectivity index (χ0n) is 12.8. The van der Waals surface area contributed by atoms with Crippen LogP contribution >= 0.6 is 0 Å². The van der Waals surface area contributed by atoms with Gasteiger partial charge in [-0.2, -0.15) is 0 Å². The SMILES string of the molecule is CCC(CC)(CC)n1c(C(C)O)nc2cc(N)ccc21. The van der Waals surface area contributed by atoms with Gasteiger partial charge in [0.2, 0.25) is 0 Å². The van der Waals surface area contributed by atoms with Crippen LogP contribution in [0.4, 0.5) is 5.69 Å². The highest BCUT2D eigenvalue weighted by Crippen LogP contribution is 2.36. The molecular weight excluding hydrogens is 250 g/mol. The van der Waals surface area contributed by atoms with Crippen molar-refractivity contribution in [1.29, 1.82) is 0 Å². The maximum atomic E-state index is 10.1. The van der Waals surface area contributed by atoms with Crippen LogP contribution in [0.25, 0.3) is 11.0 Å². The molecule has 1 aromatic heterocycles.